The number of amides is 1. The summed E-state index contributed by atoms with van der Waals surface area (Å²) in [4.78, 5) is 12.0. The Morgan fingerprint density at radius 3 is 2.80 bits per heavy atom. The smallest absolute Gasteiger partial charge is 0.273 e. The molecule has 1 saturated heterocycles. The standard InChI is InChI=1S/C14H13ClN2O3/c15-10-3-1-9(2-4-10)13-11(5-7-19-13)16-14(18)12-6-8-20-17-12/h1-4,6,8,11,13H,5,7H2,(H,16,18). The average Bonchev–Trinajstić information content (AvgIpc) is 3.10. The van der Waals surface area contributed by atoms with E-state index in [1.165, 1.54) is 12.3 Å². The number of nitrogens with zero attached hydrogens (tertiary/aromatic N) is 1. The van der Waals surface area contributed by atoms with Gasteiger partial charge in [0.15, 0.2) is 5.69 Å². The van der Waals surface area contributed by atoms with Crippen LogP contribution in [0.4, 0.5) is 0 Å². The summed E-state index contributed by atoms with van der Waals surface area (Å²) in [5, 5.41) is 7.22. The van der Waals surface area contributed by atoms with E-state index < -0.39 is 0 Å². The zero-order chi connectivity index (χ0) is 13.9. The average molecular weight is 293 g/mol. The van der Waals surface area contributed by atoms with Crippen LogP contribution in [-0.2, 0) is 4.74 Å². The summed E-state index contributed by atoms with van der Waals surface area (Å²) in [5.74, 6) is -0.256. The SMILES string of the molecule is O=C(NC1CCOC1c1ccc(Cl)cc1)c1ccon1. The van der Waals surface area contributed by atoms with Crippen molar-refractivity contribution in [3.05, 3.63) is 52.9 Å². The van der Waals surface area contributed by atoms with Crippen molar-refractivity contribution in [2.75, 3.05) is 6.61 Å². The van der Waals surface area contributed by atoms with Crippen LogP contribution in [-0.4, -0.2) is 23.7 Å². The van der Waals surface area contributed by atoms with Crippen LogP contribution in [0.3, 0.4) is 0 Å². The van der Waals surface area contributed by atoms with E-state index in [1.54, 1.807) is 0 Å². The minimum Gasteiger partial charge on any atom is -0.371 e. The molecule has 0 radical (unpaired) electrons. The Bertz CT molecular complexity index is 583. The third-order valence-corrected chi connectivity index (χ3v) is 3.53. The monoisotopic (exact) mass is 292 g/mol. The minimum atomic E-state index is -0.256. The number of carbonyl (C=O) groups is 1. The lowest BCUT2D eigenvalue weighted by molar-refractivity contribution is 0.0815. The molecule has 6 heteroatoms. The zero-order valence-electron chi connectivity index (χ0n) is 10.6. The van der Waals surface area contributed by atoms with Gasteiger partial charge in [-0.3, -0.25) is 4.79 Å². The lowest BCUT2D eigenvalue weighted by Crippen LogP contribution is -2.36. The maximum absolute atomic E-state index is 12.0. The number of halogens is 1. The summed E-state index contributed by atoms with van der Waals surface area (Å²) in [7, 11) is 0. The molecule has 0 saturated carbocycles. The van der Waals surface area contributed by atoms with Gasteiger partial charge in [0, 0.05) is 17.7 Å². The van der Waals surface area contributed by atoms with Crippen molar-refractivity contribution < 1.29 is 14.1 Å². The van der Waals surface area contributed by atoms with Gasteiger partial charge in [0.25, 0.3) is 5.91 Å². The summed E-state index contributed by atoms with van der Waals surface area (Å²) in [6.07, 6.45) is 1.97. The summed E-state index contributed by atoms with van der Waals surface area (Å²) >= 11 is 5.88. The van der Waals surface area contributed by atoms with Crippen molar-refractivity contribution in [3.8, 4) is 0 Å². The van der Waals surface area contributed by atoms with E-state index in [2.05, 4.69) is 15.0 Å². The Balaban J connectivity index is 1.72. The van der Waals surface area contributed by atoms with Gasteiger partial charge in [0.1, 0.15) is 12.4 Å². The van der Waals surface area contributed by atoms with Gasteiger partial charge in [-0.1, -0.05) is 28.9 Å². The number of hydrogen-bond donors (Lipinski definition) is 1. The minimum absolute atomic E-state index is 0.0830. The van der Waals surface area contributed by atoms with Gasteiger partial charge in [0.2, 0.25) is 0 Å². The van der Waals surface area contributed by atoms with Crippen molar-refractivity contribution in [1.29, 1.82) is 0 Å². The molecule has 2 heterocycles. The van der Waals surface area contributed by atoms with Gasteiger partial charge >= 0.3 is 0 Å². The Hall–Kier alpha value is -1.85. The first-order chi connectivity index (χ1) is 9.74. The number of rotatable bonds is 3. The second kappa shape index (κ2) is 5.64. The topological polar surface area (TPSA) is 64.4 Å². The van der Waals surface area contributed by atoms with Gasteiger partial charge in [0.05, 0.1) is 6.04 Å². The molecule has 0 spiro atoms. The molecular formula is C14H13ClN2O3. The predicted molar refractivity (Wildman–Crippen MR) is 72.5 cm³/mol. The molecule has 1 N–H and O–H groups in total. The van der Waals surface area contributed by atoms with E-state index in [9.17, 15) is 4.79 Å². The first-order valence-electron chi connectivity index (χ1n) is 6.32. The number of hydrogen-bond acceptors (Lipinski definition) is 4. The number of benzene rings is 1. The van der Waals surface area contributed by atoms with Gasteiger partial charge in [-0.2, -0.15) is 0 Å². The molecule has 1 aliphatic heterocycles. The van der Waals surface area contributed by atoms with Crippen molar-refractivity contribution in [2.45, 2.75) is 18.6 Å². The first-order valence-corrected chi connectivity index (χ1v) is 6.70. The molecular weight excluding hydrogens is 280 g/mol. The second-order valence-corrected chi connectivity index (χ2v) is 5.03. The van der Waals surface area contributed by atoms with Crippen LogP contribution >= 0.6 is 11.6 Å². The Morgan fingerprint density at radius 2 is 2.10 bits per heavy atom. The highest BCUT2D eigenvalue weighted by Gasteiger charge is 2.31. The molecule has 2 atom stereocenters. The van der Waals surface area contributed by atoms with Crippen LogP contribution < -0.4 is 5.32 Å². The van der Waals surface area contributed by atoms with Crippen molar-refractivity contribution in [2.24, 2.45) is 0 Å². The molecule has 0 aliphatic carbocycles. The van der Waals surface area contributed by atoms with E-state index in [0.717, 1.165) is 12.0 Å². The van der Waals surface area contributed by atoms with E-state index >= 15 is 0 Å². The first kappa shape index (κ1) is 13.1. The molecule has 1 aromatic carbocycles. The Labute approximate surface area is 120 Å². The quantitative estimate of drug-likeness (QED) is 0.944. The number of carbonyl (C=O) groups excluding carboxylic acids is 1. The summed E-state index contributed by atoms with van der Waals surface area (Å²) in [6.45, 7) is 0.608. The molecule has 1 aliphatic rings. The molecule has 2 aromatic rings. The Morgan fingerprint density at radius 1 is 1.30 bits per heavy atom. The van der Waals surface area contributed by atoms with E-state index in [0.29, 0.717) is 11.6 Å². The highest BCUT2D eigenvalue weighted by atomic mass is 35.5. The fourth-order valence-electron chi connectivity index (χ4n) is 2.29. The lowest BCUT2D eigenvalue weighted by Gasteiger charge is -2.19. The fourth-order valence-corrected chi connectivity index (χ4v) is 2.42. The maximum atomic E-state index is 12.0. The van der Waals surface area contributed by atoms with Gasteiger partial charge in [-0.15, -0.1) is 0 Å². The second-order valence-electron chi connectivity index (χ2n) is 4.60. The van der Waals surface area contributed by atoms with Crippen LogP contribution in [0.1, 0.15) is 28.6 Å². The van der Waals surface area contributed by atoms with E-state index in [4.69, 9.17) is 16.3 Å². The normalized spacial score (nSPS) is 21.9. The van der Waals surface area contributed by atoms with Crippen LogP contribution in [0.5, 0.6) is 0 Å². The zero-order valence-corrected chi connectivity index (χ0v) is 11.3. The highest BCUT2D eigenvalue weighted by molar-refractivity contribution is 6.30. The Kier molecular flexibility index (Phi) is 3.71. The number of ether oxygens (including phenoxy) is 1. The maximum Gasteiger partial charge on any atom is 0.273 e. The summed E-state index contributed by atoms with van der Waals surface area (Å²) in [6, 6.07) is 8.90. The fraction of sp³-hybridized carbons (Fsp3) is 0.286. The molecule has 104 valence electrons. The molecule has 0 bridgehead atoms. The molecule has 2 unspecified atom stereocenters. The molecule has 1 fully saturated rings. The number of nitrogens with one attached hydrogen (secondary N) is 1. The molecule has 3 rings (SSSR count). The molecule has 1 aromatic heterocycles. The molecule has 20 heavy (non-hydrogen) atoms. The predicted octanol–water partition coefficient (Wildman–Crippen LogP) is 2.59. The van der Waals surface area contributed by atoms with Crippen molar-refractivity contribution >= 4 is 17.5 Å². The van der Waals surface area contributed by atoms with Crippen LogP contribution in [0.2, 0.25) is 5.02 Å². The van der Waals surface area contributed by atoms with Crippen molar-refractivity contribution in [1.82, 2.24) is 10.5 Å². The largest absolute Gasteiger partial charge is 0.371 e. The van der Waals surface area contributed by atoms with Crippen LogP contribution in [0, 0.1) is 0 Å². The van der Waals surface area contributed by atoms with Gasteiger partial charge < -0.3 is 14.6 Å². The van der Waals surface area contributed by atoms with Gasteiger partial charge in [-0.25, -0.2) is 0 Å². The molecule has 1 amide bonds. The number of aromatic nitrogens is 1. The van der Waals surface area contributed by atoms with Gasteiger partial charge in [-0.05, 0) is 24.1 Å². The van der Waals surface area contributed by atoms with Crippen molar-refractivity contribution in [3.63, 3.8) is 0 Å². The van der Waals surface area contributed by atoms with Crippen LogP contribution in [0.15, 0.2) is 41.1 Å². The summed E-state index contributed by atoms with van der Waals surface area (Å²) in [5.41, 5.74) is 1.27. The van der Waals surface area contributed by atoms with Crippen LogP contribution in [0.25, 0.3) is 0 Å². The van der Waals surface area contributed by atoms with E-state index in [1.807, 2.05) is 24.3 Å². The molecule has 5 nitrogen and oxygen atoms in total. The third kappa shape index (κ3) is 2.69. The van der Waals surface area contributed by atoms with E-state index in [-0.39, 0.29) is 23.7 Å². The highest BCUT2D eigenvalue weighted by Crippen LogP contribution is 2.30. The summed E-state index contributed by atoms with van der Waals surface area (Å²) < 4.78 is 10.4. The lowest BCUT2D eigenvalue weighted by atomic mass is 10.0. The third-order valence-electron chi connectivity index (χ3n) is 3.28.